The molecule has 4 rings (SSSR count). The first-order chi connectivity index (χ1) is 18.1. The summed E-state index contributed by atoms with van der Waals surface area (Å²) in [6.45, 7) is 3.81. The molecule has 3 aliphatic rings. The van der Waals surface area contributed by atoms with Gasteiger partial charge in [0.1, 0.15) is 22.8 Å². The van der Waals surface area contributed by atoms with Gasteiger partial charge in [-0.25, -0.2) is 0 Å². The lowest BCUT2D eigenvalue weighted by Crippen LogP contribution is -2.57. The first kappa shape index (κ1) is 28.6. The molecule has 0 aromatic heterocycles. The van der Waals surface area contributed by atoms with Crippen LogP contribution in [0.25, 0.3) is 0 Å². The molecule has 39 heavy (non-hydrogen) atoms. The van der Waals surface area contributed by atoms with Gasteiger partial charge in [-0.3, -0.25) is 14.4 Å². The molecule has 3 aliphatic carbocycles. The van der Waals surface area contributed by atoms with E-state index in [0.717, 1.165) is 6.07 Å². The highest BCUT2D eigenvalue weighted by Crippen LogP contribution is 2.53. The molecule has 7 N–H and O–H groups in total. The number of primary amides is 1. The number of benzene rings is 1. The number of aliphatic hydroxyl groups excluding tert-OH is 2. The van der Waals surface area contributed by atoms with Gasteiger partial charge in [0.2, 0.25) is 5.78 Å². The van der Waals surface area contributed by atoms with Crippen LogP contribution >= 0.6 is 0 Å². The summed E-state index contributed by atoms with van der Waals surface area (Å²) >= 11 is 0. The normalized spacial score (nSPS) is 25.1. The highest BCUT2D eigenvalue weighted by Gasteiger charge is 2.60. The van der Waals surface area contributed by atoms with Crippen molar-refractivity contribution < 1.29 is 52.7 Å². The molecule has 3 atom stereocenters. The number of fused-ring (bicyclic) bond motifs is 3. The van der Waals surface area contributed by atoms with Gasteiger partial charge in [0.25, 0.3) is 5.91 Å². The number of Topliss-reactive ketones (excluding diaryl/α,β-unsaturated/α-hetero) is 2. The smallest absolute Gasteiger partial charge is 0.417 e. The lowest BCUT2D eigenvalue weighted by atomic mass is 9.60. The number of phenols is 1. The Morgan fingerprint density at radius 3 is 2.49 bits per heavy atom. The van der Waals surface area contributed by atoms with E-state index in [1.165, 1.54) is 0 Å². The van der Waals surface area contributed by atoms with Gasteiger partial charge in [-0.15, -0.1) is 0 Å². The maximum Gasteiger partial charge on any atom is 0.417 e. The average molecular weight is 555 g/mol. The van der Waals surface area contributed by atoms with E-state index >= 15 is 0 Å². The van der Waals surface area contributed by atoms with E-state index in [4.69, 9.17) is 10.5 Å². The predicted molar refractivity (Wildman–Crippen MR) is 129 cm³/mol. The number of ether oxygens (including phenoxy) is 1. The lowest BCUT2D eigenvalue weighted by Gasteiger charge is -2.45. The van der Waals surface area contributed by atoms with Crippen LogP contribution in [0.3, 0.4) is 0 Å². The average Bonchev–Trinajstić information content (AvgIpc) is 2.79. The second-order valence-electron chi connectivity index (χ2n) is 10.3. The molecular formula is C26H29F3N2O8. The number of aromatic hydroxyl groups is 1. The fourth-order valence-electron chi connectivity index (χ4n) is 5.84. The van der Waals surface area contributed by atoms with Crippen molar-refractivity contribution in [2.75, 3.05) is 13.2 Å². The van der Waals surface area contributed by atoms with Gasteiger partial charge in [0.05, 0.1) is 23.8 Å². The van der Waals surface area contributed by atoms with E-state index in [2.05, 4.69) is 5.32 Å². The number of halogens is 3. The Balaban J connectivity index is 1.79. The van der Waals surface area contributed by atoms with Crippen LogP contribution in [-0.2, 0) is 33.5 Å². The van der Waals surface area contributed by atoms with Crippen molar-refractivity contribution in [1.82, 2.24) is 5.32 Å². The number of alkyl halides is 3. The number of carbonyl (C=O) groups is 3. The molecule has 1 amide bonds. The number of carbonyl (C=O) groups excluding carboxylic acids is 3. The quantitative estimate of drug-likeness (QED) is 0.217. The molecule has 0 spiro atoms. The summed E-state index contributed by atoms with van der Waals surface area (Å²) in [5.74, 6) is -8.85. The number of allylic oxidation sites excluding steroid dienone is 2. The maximum absolute atomic E-state index is 14.4. The number of hydrogen-bond acceptors (Lipinski definition) is 9. The molecule has 0 saturated carbocycles. The minimum Gasteiger partial charge on any atom is -0.511 e. The van der Waals surface area contributed by atoms with Crippen LogP contribution in [0.1, 0.15) is 53.7 Å². The largest absolute Gasteiger partial charge is 0.511 e. The van der Waals surface area contributed by atoms with Gasteiger partial charge in [0, 0.05) is 31.0 Å². The van der Waals surface area contributed by atoms with Gasteiger partial charge in [-0.2, -0.15) is 13.2 Å². The molecule has 1 unspecified atom stereocenters. The van der Waals surface area contributed by atoms with Crippen molar-refractivity contribution in [2.45, 2.75) is 57.5 Å². The number of hydrogen-bond donors (Lipinski definition) is 6. The number of nitrogens with two attached hydrogens (primary N) is 1. The van der Waals surface area contributed by atoms with E-state index in [9.17, 15) is 48.0 Å². The topological polar surface area (TPSA) is 179 Å². The van der Waals surface area contributed by atoms with Crippen LogP contribution in [0, 0.1) is 11.8 Å². The predicted octanol–water partition coefficient (Wildman–Crippen LogP) is 2.11. The number of ketones is 2. The van der Waals surface area contributed by atoms with Crippen molar-refractivity contribution in [1.29, 1.82) is 0 Å². The summed E-state index contributed by atoms with van der Waals surface area (Å²) in [5, 5.41) is 45.9. The Labute approximate surface area is 220 Å². The molecule has 0 fully saturated rings. The highest BCUT2D eigenvalue weighted by atomic mass is 19.4. The Morgan fingerprint density at radius 2 is 1.90 bits per heavy atom. The summed E-state index contributed by atoms with van der Waals surface area (Å²) in [5.41, 5.74) is -1.64. The van der Waals surface area contributed by atoms with Crippen molar-refractivity contribution in [3.8, 4) is 5.75 Å². The fraction of sp³-hybridized carbons (Fsp3) is 0.500. The third-order valence-electron chi connectivity index (χ3n) is 7.48. The second kappa shape index (κ2) is 9.96. The molecule has 212 valence electrons. The zero-order valence-corrected chi connectivity index (χ0v) is 21.2. The van der Waals surface area contributed by atoms with E-state index in [-0.39, 0.29) is 37.8 Å². The van der Waals surface area contributed by atoms with Crippen molar-refractivity contribution in [3.05, 3.63) is 51.0 Å². The molecule has 13 heteroatoms. The summed E-state index contributed by atoms with van der Waals surface area (Å²) in [6.07, 6.45) is -6.16. The molecule has 0 saturated heterocycles. The zero-order chi connectivity index (χ0) is 29.0. The third kappa shape index (κ3) is 4.68. The lowest BCUT2D eigenvalue weighted by molar-refractivity contribution is -0.144. The second-order valence-corrected chi connectivity index (χ2v) is 10.3. The van der Waals surface area contributed by atoms with E-state index in [1.54, 1.807) is 0 Å². The number of phenolic OH excluding ortho intramolecular Hbond substituents is 1. The number of amides is 1. The fourth-order valence-corrected chi connectivity index (χ4v) is 5.84. The third-order valence-corrected chi connectivity index (χ3v) is 7.48. The summed E-state index contributed by atoms with van der Waals surface area (Å²) in [7, 11) is 0. The standard InChI is InChI=1S/C26H29F3N2O8/c1-10(2)39-4-3-31-9-12-7-15(32)18-14(20(12)26(27,28)29)6-11-5-13-8-16(33)19(24(30)37)23(36)25(13,38)22(35)17(11)21(18)34/h7,10-11,13,31-33,35,38H,3-6,8-9H2,1-2H3,(H2,30,37)/t11?,13-,25-/m0/s1. The SMILES string of the molecule is CC(C)OCCNCc1cc(O)c2c(c1C(F)(F)F)CC1C[C@H]3CC(O)=C(C(N)=O)C(=O)[C@@]3(O)C(O)=C1C2=O. The molecule has 10 nitrogen and oxygen atoms in total. The van der Waals surface area contributed by atoms with Crippen LogP contribution in [0.5, 0.6) is 5.75 Å². The highest BCUT2D eigenvalue weighted by molar-refractivity contribution is 6.24. The summed E-state index contributed by atoms with van der Waals surface area (Å²) in [6, 6.07) is 0.825. The van der Waals surface area contributed by atoms with E-state index < -0.39 is 99.0 Å². The Bertz CT molecular complexity index is 1320. The molecular weight excluding hydrogens is 525 g/mol. The van der Waals surface area contributed by atoms with Crippen molar-refractivity contribution in [3.63, 3.8) is 0 Å². The Hall–Kier alpha value is -3.42. The molecule has 0 heterocycles. The molecule has 0 bridgehead atoms. The van der Waals surface area contributed by atoms with Crippen LogP contribution in [-0.4, -0.2) is 62.8 Å². The number of aliphatic hydroxyl groups is 3. The number of rotatable bonds is 7. The summed E-state index contributed by atoms with van der Waals surface area (Å²) in [4.78, 5) is 38.2. The molecule has 1 aromatic carbocycles. The molecule has 1 aromatic rings. The van der Waals surface area contributed by atoms with E-state index in [0.29, 0.717) is 0 Å². The minimum atomic E-state index is -4.90. The Kier molecular flexibility index (Phi) is 7.30. The van der Waals surface area contributed by atoms with Gasteiger partial charge >= 0.3 is 6.18 Å². The zero-order valence-electron chi connectivity index (χ0n) is 21.2. The van der Waals surface area contributed by atoms with Gasteiger partial charge in [-0.1, -0.05) is 0 Å². The first-order valence-corrected chi connectivity index (χ1v) is 12.3. The first-order valence-electron chi connectivity index (χ1n) is 12.3. The number of nitrogens with one attached hydrogen (secondary N) is 1. The van der Waals surface area contributed by atoms with Gasteiger partial charge in [0.15, 0.2) is 11.4 Å². The molecule has 0 aliphatic heterocycles. The maximum atomic E-state index is 14.4. The monoisotopic (exact) mass is 554 g/mol. The molecule has 0 radical (unpaired) electrons. The van der Waals surface area contributed by atoms with Crippen LogP contribution < -0.4 is 11.1 Å². The van der Waals surface area contributed by atoms with Crippen LogP contribution in [0.2, 0.25) is 0 Å². The van der Waals surface area contributed by atoms with Crippen molar-refractivity contribution in [2.24, 2.45) is 17.6 Å². The van der Waals surface area contributed by atoms with Gasteiger partial charge in [-0.05, 0) is 49.8 Å². The van der Waals surface area contributed by atoms with Crippen LogP contribution in [0.15, 0.2) is 28.7 Å². The van der Waals surface area contributed by atoms with Crippen LogP contribution in [0.4, 0.5) is 13.2 Å². The summed E-state index contributed by atoms with van der Waals surface area (Å²) < 4.78 is 48.4. The Morgan fingerprint density at radius 1 is 1.23 bits per heavy atom. The van der Waals surface area contributed by atoms with E-state index in [1.807, 2.05) is 13.8 Å². The minimum absolute atomic E-state index is 0.0672. The van der Waals surface area contributed by atoms with Gasteiger partial charge < -0.3 is 36.2 Å². The van der Waals surface area contributed by atoms with Crippen molar-refractivity contribution >= 4 is 17.5 Å².